The molecule has 0 radical (unpaired) electrons. The van der Waals surface area contributed by atoms with Gasteiger partial charge in [0.1, 0.15) is 23.8 Å². The van der Waals surface area contributed by atoms with Crippen molar-refractivity contribution in [3.63, 3.8) is 0 Å². The molecule has 4 amide bonds. The van der Waals surface area contributed by atoms with Crippen LogP contribution in [0.4, 0.5) is 4.79 Å². The lowest BCUT2D eigenvalue weighted by Gasteiger charge is -2.28. The molecule has 2 atom stereocenters. The van der Waals surface area contributed by atoms with E-state index in [0.717, 1.165) is 23.3 Å². The number of carbonyl (C=O) groups excluding carboxylic acids is 3. The number of nitrogens with one attached hydrogen (secondary N) is 1. The summed E-state index contributed by atoms with van der Waals surface area (Å²) in [5.41, 5.74) is -0.494. The van der Waals surface area contributed by atoms with Gasteiger partial charge in [0.2, 0.25) is 5.91 Å². The first kappa shape index (κ1) is 20.8. The standard InChI is InChI=1S/C22H25N3O6/c1-22(18-7-5-11-31-18)20(27)25(21(28)23-22)13-19(26)24-10-4-6-16(24)15-12-14(29-2)8-9-17(15)30-3/h5,7-9,11-12,16H,4,6,10,13H2,1-3H3,(H,23,28). The molecule has 4 rings (SSSR count). The first-order chi connectivity index (χ1) is 14.9. The number of likely N-dealkylation sites (tertiary alicyclic amines) is 1. The Balaban J connectivity index is 1.55. The summed E-state index contributed by atoms with van der Waals surface area (Å²) >= 11 is 0. The molecule has 164 valence electrons. The molecule has 2 aliphatic heterocycles. The molecule has 2 unspecified atom stereocenters. The van der Waals surface area contributed by atoms with Crippen LogP contribution in [-0.4, -0.2) is 55.0 Å². The molecular formula is C22H25N3O6. The lowest BCUT2D eigenvalue weighted by atomic mass is 9.99. The number of furan rings is 1. The Bertz CT molecular complexity index is 1000. The number of methoxy groups -OCH3 is 2. The number of rotatable bonds is 6. The van der Waals surface area contributed by atoms with Gasteiger partial charge in [0, 0.05) is 12.1 Å². The van der Waals surface area contributed by atoms with Crippen LogP contribution in [-0.2, 0) is 15.1 Å². The van der Waals surface area contributed by atoms with Crippen molar-refractivity contribution >= 4 is 17.8 Å². The average Bonchev–Trinajstić information content (AvgIpc) is 3.51. The van der Waals surface area contributed by atoms with Crippen molar-refractivity contribution in [2.45, 2.75) is 31.3 Å². The van der Waals surface area contributed by atoms with Gasteiger partial charge in [-0.2, -0.15) is 0 Å². The number of benzene rings is 1. The maximum atomic E-state index is 13.2. The van der Waals surface area contributed by atoms with Crippen LogP contribution in [0.15, 0.2) is 41.0 Å². The van der Waals surface area contributed by atoms with Crippen LogP contribution in [0.5, 0.6) is 11.5 Å². The first-order valence-electron chi connectivity index (χ1n) is 10.1. The van der Waals surface area contributed by atoms with Crippen molar-refractivity contribution in [3.05, 3.63) is 47.9 Å². The van der Waals surface area contributed by atoms with E-state index in [1.807, 2.05) is 6.07 Å². The first-order valence-corrected chi connectivity index (χ1v) is 10.1. The Morgan fingerprint density at radius 2 is 2.06 bits per heavy atom. The molecule has 2 fully saturated rings. The van der Waals surface area contributed by atoms with E-state index in [4.69, 9.17) is 13.9 Å². The second kappa shape index (κ2) is 7.98. The quantitative estimate of drug-likeness (QED) is 0.711. The summed E-state index contributed by atoms with van der Waals surface area (Å²) in [5.74, 6) is 0.820. The minimum atomic E-state index is -1.33. The third kappa shape index (κ3) is 3.49. The van der Waals surface area contributed by atoms with Crippen LogP contribution in [0.3, 0.4) is 0 Å². The van der Waals surface area contributed by atoms with Gasteiger partial charge in [-0.1, -0.05) is 0 Å². The number of imide groups is 1. The molecule has 31 heavy (non-hydrogen) atoms. The topological polar surface area (TPSA) is 101 Å². The Morgan fingerprint density at radius 1 is 1.26 bits per heavy atom. The third-order valence-electron chi connectivity index (χ3n) is 5.95. The van der Waals surface area contributed by atoms with E-state index in [2.05, 4.69) is 5.32 Å². The molecule has 1 N–H and O–H groups in total. The summed E-state index contributed by atoms with van der Waals surface area (Å²) in [5, 5.41) is 2.64. The van der Waals surface area contributed by atoms with Gasteiger partial charge >= 0.3 is 6.03 Å². The van der Waals surface area contributed by atoms with E-state index in [1.165, 1.54) is 6.26 Å². The molecule has 1 aromatic carbocycles. The summed E-state index contributed by atoms with van der Waals surface area (Å²) in [4.78, 5) is 41.4. The van der Waals surface area contributed by atoms with E-state index in [-0.39, 0.29) is 18.5 Å². The Morgan fingerprint density at radius 3 is 2.74 bits per heavy atom. The number of amides is 4. The summed E-state index contributed by atoms with van der Waals surface area (Å²) in [7, 11) is 3.16. The molecule has 0 saturated carbocycles. The van der Waals surface area contributed by atoms with Crippen LogP contribution >= 0.6 is 0 Å². The van der Waals surface area contributed by atoms with Crippen molar-refractivity contribution in [2.24, 2.45) is 0 Å². The van der Waals surface area contributed by atoms with E-state index in [9.17, 15) is 14.4 Å². The highest BCUT2D eigenvalue weighted by molar-refractivity contribution is 6.08. The highest BCUT2D eigenvalue weighted by Crippen LogP contribution is 2.39. The fourth-order valence-electron chi connectivity index (χ4n) is 4.29. The SMILES string of the molecule is COc1ccc(OC)c(C2CCCN2C(=O)CN2C(=O)NC(C)(c3ccco3)C2=O)c1. The molecule has 3 heterocycles. The minimum absolute atomic E-state index is 0.227. The number of carbonyl (C=O) groups is 3. The Kier molecular flexibility index (Phi) is 5.34. The smallest absolute Gasteiger partial charge is 0.325 e. The fourth-order valence-corrected chi connectivity index (χ4v) is 4.29. The Hall–Kier alpha value is -3.49. The largest absolute Gasteiger partial charge is 0.497 e. The van der Waals surface area contributed by atoms with E-state index in [0.29, 0.717) is 23.8 Å². The maximum Gasteiger partial charge on any atom is 0.325 e. The van der Waals surface area contributed by atoms with Crippen molar-refractivity contribution in [1.82, 2.24) is 15.1 Å². The number of nitrogens with zero attached hydrogens (tertiary/aromatic N) is 2. The highest BCUT2D eigenvalue weighted by Gasteiger charge is 2.52. The zero-order chi connectivity index (χ0) is 22.2. The molecule has 0 spiro atoms. The van der Waals surface area contributed by atoms with Gasteiger partial charge in [-0.3, -0.25) is 14.5 Å². The molecule has 0 aliphatic carbocycles. The zero-order valence-corrected chi connectivity index (χ0v) is 17.7. The summed E-state index contributed by atoms with van der Waals surface area (Å²) < 4.78 is 16.2. The number of ether oxygens (including phenoxy) is 2. The molecule has 2 aliphatic rings. The number of hydrogen-bond acceptors (Lipinski definition) is 6. The number of urea groups is 1. The van der Waals surface area contributed by atoms with Crippen LogP contribution in [0.1, 0.15) is 37.1 Å². The van der Waals surface area contributed by atoms with Crippen molar-refractivity contribution in [3.8, 4) is 11.5 Å². The number of hydrogen-bond donors (Lipinski definition) is 1. The van der Waals surface area contributed by atoms with Crippen LogP contribution in [0.2, 0.25) is 0 Å². The highest BCUT2D eigenvalue weighted by atomic mass is 16.5. The second-order valence-electron chi connectivity index (χ2n) is 7.78. The average molecular weight is 427 g/mol. The van der Waals surface area contributed by atoms with Gasteiger partial charge in [-0.25, -0.2) is 4.79 Å². The maximum absolute atomic E-state index is 13.2. The Labute approximate surface area is 179 Å². The van der Waals surface area contributed by atoms with Gasteiger partial charge in [-0.15, -0.1) is 0 Å². The molecule has 9 heteroatoms. The van der Waals surface area contributed by atoms with Crippen molar-refractivity contribution in [2.75, 3.05) is 27.3 Å². The van der Waals surface area contributed by atoms with Crippen molar-refractivity contribution in [1.29, 1.82) is 0 Å². The molecule has 0 bridgehead atoms. The minimum Gasteiger partial charge on any atom is -0.497 e. The van der Waals surface area contributed by atoms with Gasteiger partial charge in [0.05, 0.1) is 26.5 Å². The summed E-state index contributed by atoms with van der Waals surface area (Å²) in [6.45, 7) is 1.75. The predicted octanol–water partition coefficient (Wildman–Crippen LogP) is 2.43. The van der Waals surface area contributed by atoms with E-state index in [1.54, 1.807) is 50.3 Å². The van der Waals surface area contributed by atoms with E-state index < -0.39 is 17.5 Å². The lowest BCUT2D eigenvalue weighted by molar-refractivity contribution is -0.139. The molecule has 1 aromatic heterocycles. The third-order valence-corrected chi connectivity index (χ3v) is 5.95. The second-order valence-corrected chi connectivity index (χ2v) is 7.78. The van der Waals surface area contributed by atoms with Crippen LogP contribution in [0, 0.1) is 0 Å². The van der Waals surface area contributed by atoms with Gasteiger partial charge < -0.3 is 24.1 Å². The normalized spacial score (nSPS) is 23.3. The van der Waals surface area contributed by atoms with Gasteiger partial charge in [-0.05, 0) is 50.1 Å². The van der Waals surface area contributed by atoms with Gasteiger partial charge in [0.25, 0.3) is 5.91 Å². The monoisotopic (exact) mass is 427 g/mol. The molecule has 9 nitrogen and oxygen atoms in total. The zero-order valence-electron chi connectivity index (χ0n) is 17.7. The van der Waals surface area contributed by atoms with Crippen LogP contribution in [0.25, 0.3) is 0 Å². The fraction of sp³-hybridized carbons (Fsp3) is 0.409. The molecule has 2 aromatic rings. The molecular weight excluding hydrogens is 402 g/mol. The summed E-state index contributed by atoms with van der Waals surface area (Å²) in [6, 6.07) is 7.88. The van der Waals surface area contributed by atoms with E-state index >= 15 is 0 Å². The van der Waals surface area contributed by atoms with Crippen LogP contribution < -0.4 is 14.8 Å². The van der Waals surface area contributed by atoms with Gasteiger partial charge in [0.15, 0.2) is 5.54 Å². The predicted molar refractivity (Wildman–Crippen MR) is 110 cm³/mol. The molecule has 2 saturated heterocycles. The van der Waals surface area contributed by atoms with Crippen molar-refractivity contribution < 1.29 is 28.3 Å². The summed E-state index contributed by atoms with van der Waals surface area (Å²) in [6.07, 6.45) is 2.99. The lowest BCUT2D eigenvalue weighted by Crippen LogP contribution is -2.44.